The quantitative estimate of drug-likeness (QED) is 0.612. The Morgan fingerprint density at radius 1 is 1.28 bits per heavy atom. The Morgan fingerprint density at radius 3 is 2.60 bits per heavy atom. The average Bonchev–Trinajstić information content (AvgIpc) is 2.56. The van der Waals surface area contributed by atoms with E-state index in [1.807, 2.05) is 0 Å². The summed E-state index contributed by atoms with van der Waals surface area (Å²) in [5.41, 5.74) is 1.03. The molecule has 1 aromatic rings. The van der Waals surface area contributed by atoms with Crippen LogP contribution in [0.4, 0.5) is 16.2 Å². The van der Waals surface area contributed by atoms with Gasteiger partial charge >= 0.3 is 12.0 Å². The molecule has 134 valence electrons. The number of nitrogens with one attached hydrogen (secondary N) is 3. The third-order valence-corrected chi connectivity index (χ3v) is 3.66. The van der Waals surface area contributed by atoms with E-state index >= 15 is 0 Å². The van der Waals surface area contributed by atoms with Gasteiger partial charge < -0.3 is 21.1 Å². The van der Waals surface area contributed by atoms with Gasteiger partial charge in [0.25, 0.3) is 0 Å². The lowest BCUT2D eigenvalue weighted by molar-refractivity contribution is -0.138. The van der Waals surface area contributed by atoms with Crippen molar-refractivity contribution in [2.45, 2.75) is 19.9 Å². The molecule has 1 aromatic carbocycles. The van der Waals surface area contributed by atoms with Crippen molar-refractivity contribution < 1.29 is 24.3 Å². The summed E-state index contributed by atoms with van der Waals surface area (Å²) in [5.74, 6) is -2.39. The van der Waals surface area contributed by atoms with Crippen LogP contribution in [-0.4, -0.2) is 48.1 Å². The van der Waals surface area contributed by atoms with Crippen LogP contribution in [0.5, 0.6) is 0 Å². The number of nitrogens with zero attached hydrogens (tertiary/aromatic N) is 1. The van der Waals surface area contributed by atoms with Crippen molar-refractivity contribution in [2.24, 2.45) is 5.92 Å². The zero-order valence-electron chi connectivity index (χ0n) is 13.9. The fourth-order valence-electron chi connectivity index (χ4n) is 2.43. The van der Waals surface area contributed by atoms with Crippen molar-refractivity contribution in [3.8, 4) is 0 Å². The third-order valence-electron chi connectivity index (χ3n) is 3.66. The number of carboxylic acids is 1. The summed E-state index contributed by atoms with van der Waals surface area (Å²) in [4.78, 5) is 48.4. The molecule has 0 aromatic heterocycles. The summed E-state index contributed by atoms with van der Waals surface area (Å²) in [6.45, 7) is 2.74. The fourth-order valence-corrected chi connectivity index (χ4v) is 2.43. The highest BCUT2D eigenvalue weighted by atomic mass is 16.4. The van der Waals surface area contributed by atoms with Crippen molar-refractivity contribution in [3.05, 3.63) is 24.3 Å². The zero-order valence-corrected chi connectivity index (χ0v) is 13.9. The van der Waals surface area contributed by atoms with Gasteiger partial charge in [0.1, 0.15) is 19.1 Å². The Kier molecular flexibility index (Phi) is 5.58. The zero-order chi connectivity index (χ0) is 18.6. The monoisotopic (exact) mass is 348 g/mol. The van der Waals surface area contributed by atoms with Crippen molar-refractivity contribution in [2.75, 3.05) is 23.3 Å². The highest BCUT2D eigenvalue weighted by Crippen LogP contribution is 2.28. The molecular formula is C16H20N4O5. The number of urea groups is 1. The van der Waals surface area contributed by atoms with E-state index in [0.29, 0.717) is 11.4 Å². The molecule has 1 atom stereocenters. The second-order valence-electron chi connectivity index (χ2n) is 5.93. The summed E-state index contributed by atoms with van der Waals surface area (Å²) in [6, 6.07) is 5.29. The molecule has 0 unspecified atom stereocenters. The summed E-state index contributed by atoms with van der Waals surface area (Å²) >= 11 is 0. The molecule has 0 radical (unpaired) electrons. The van der Waals surface area contributed by atoms with E-state index in [1.165, 1.54) is 4.90 Å². The average molecular weight is 348 g/mol. The number of carbonyl (C=O) groups excluding carboxylic acids is 3. The van der Waals surface area contributed by atoms with E-state index in [1.54, 1.807) is 38.1 Å². The standard InChI is InChI=1S/C16H20N4O5/c1-9(2)14(15(24)17-7-13(22)23)19-16(25)20-8-12(21)18-10-5-3-4-6-11(10)20/h3-6,9,14H,7-8H2,1-2H3,(H,17,24)(H,18,21)(H,19,25)(H,22,23)/t14-/m0/s1. The van der Waals surface area contributed by atoms with Crippen LogP contribution in [0.1, 0.15) is 13.8 Å². The molecule has 4 N–H and O–H groups in total. The van der Waals surface area contributed by atoms with E-state index in [-0.39, 0.29) is 18.4 Å². The van der Waals surface area contributed by atoms with E-state index in [4.69, 9.17) is 5.11 Å². The topological polar surface area (TPSA) is 128 Å². The molecule has 9 nitrogen and oxygen atoms in total. The van der Waals surface area contributed by atoms with E-state index in [9.17, 15) is 19.2 Å². The first-order valence-electron chi connectivity index (χ1n) is 7.76. The molecule has 0 saturated carbocycles. The van der Waals surface area contributed by atoms with Crippen LogP contribution in [0.3, 0.4) is 0 Å². The van der Waals surface area contributed by atoms with Crippen LogP contribution >= 0.6 is 0 Å². The van der Waals surface area contributed by atoms with Crippen LogP contribution in [0.2, 0.25) is 0 Å². The minimum atomic E-state index is -1.18. The molecule has 1 aliphatic rings. The largest absolute Gasteiger partial charge is 0.480 e. The van der Waals surface area contributed by atoms with Gasteiger partial charge in [0, 0.05) is 0 Å². The van der Waals surface area contributed by atoms with E-state index < -0.39 is 30.5 Å². The maximum Gasteiger partial charge on any atom is 0.323 e. The van der Waals surface area contributed by atoms with E-state index in [0.717, 1.165) is 0 Å². The number of amides is 4. The second-order valence-corrected chi connectivity index (χ2v) is 5.93. The van der Waals surface area contributed by atoms with Crippen LogP contribution in [0, 0.1) is 5.92 Å². The lowest BCUT2D eigenvalue weighted by atomic mass is 10.0. The van der Waals surface area contributed by atoms with Crippen LogP contribution in [0.15, 0.2) is 24.3 Å². The normalized spacial score (nSPS) is 14.4. The van der Waals surface area contributed by atoms with E-state index in [2.05, 4.69) is 16.0 Å². The number of hydrogen-bond acceptors (Lipinski definition) is 4. The first-order valence-corrected chi connectivity index (χ1v) is 7.76. The molecule has 1 heterocycles. The van der Waals surface area contributed by atoms with Crippen LogP contribution in [0.25, 0.3) is 0 Å². The van der Waals surface area contributed by atoms with Gasteiger partial charge in [-0.2, -0.15) is 0 Å². The molecule has 0 saturated heterocycles. The first-order chi connectivity index (χ1) is 11.8. The Bertz CT molecular complexity index is 704. The minimum absolute atomic E-state index is 0.176. The smallest absolute Gasteiger partial charge is 0.323 e. The van der Waals surface area contributed by atoms with Gasteiger partial charge in [-0.1, -0.05) is 26.0 Å². The number of aliphatic carboxylic acids is 1. The highest BCUT2D eigenvalue weighted by molar-refractivity contribution is 6.10. The molecule has 2 rings (SSSR count). The molecule has 0 bridgehead atoms. The van der Waals surface area contributed by atoms with Gasteiger partial charge in [-0.3, -0.25) is 19.3 Å². The van der Waals surface area contributed by atoms with Gasteiger partial charge in [0.15, 0.2) is 0 Å². The van der Waals surface area contributed by atoms with Gasteiger partial charge in [-0.15, -0.1) is 0 Å². The first kappa shape index (κ1) is 18.2. The Hall–Kier alpha value is -3.10. The summed E-state index contributed by atoms with van der Waals surface area (Å²) in [6.07, 6.45) is 0. The highest BCUT2D eigenvalue weighted by Gasteiger charge is 2.31. The Balaban J connectivity index is 2.15. The van der Waals surface area contributed by atoms with Crippen molar-refractivity contribution in [1.82, 2.24) is 10.6 Å². The van der Waals surface area contributed by atoms with Crippen molar-refractivity contribution in [1.29, 1.82) is 0 Å². The van der Waals surface area contributed by atoms with Crippen LogP contribution in [-0.2, 0) is 14.4 Å². The molecule has 9 heteroatoms. The predicted octanol–water partition coefficient (Wildman–Crippen LogP) is 0.380. The van der Waals surface area contributed by atoms with Gasteiger partial charge in [0.05, 0.1) is 11.4 Å². The summed E-state index contributed by atoms with van der Waals surface area (Å²) < 4.78 is 0. The summed E-state index contributed by atoms with van der Waals surface area (Å²) in [5, 5.41) is 16.1. The molecule has 0 spiro atoms. The second kappa shape index (κ2) is 7.65. The molecule has 0 aliphatic carbocycles. The number of hydrogen-bond donors (Lipinski definition) is 4. The number of benzene rings is 1. The molecule has 4 amide bonds. The number of para-hydroxylation sites is 2. The van der Waals surface area contributed by atoms with Crippen molar-refractivity contribution >= 4 is 35.2 Å². The van der Waals surface area contributed by atoms with Gasteiger partial charge in [0.2, 0.25) is 11.8 Å². The lowest BCUT2D eigenvalue weighted by Crippen LogP contribution is -2.56. The molecule has 25 heavy (non-hydrogen) atoms. The maximum absolute atomic E-state index is 12.6. The molecular weight excluding hydrogens is 328 g/mol. The number of rotatable bonds is 5. The lowest BCUT2D eigenvalue weighted by Gasteiger charge is -2.31. The summed E-state index contributed by atoms with van der Waals surface area (Å²) in [7, 11) is 0. The molecule has 0 fully saturated rings. The number of fused-ring (bicyclic) bond motifs is 1. The predicted molar refractivity (Wildman–Crippen MR) is 90.2 cm³/mol. The number of carboxylic acid groups (broad SMARTS) is 1. The van der Waals surface area contributed by atoms with Crippen LogP contribution < -0.4 is 20.9 Å². The number of anilines is 2. The molecule has 1 aliphatic heterocycles. The van der Waals surface area contributed by atoms with Crippen molar-refractivity contribution in [3.63, 3.8) is 0 Å². The maximum atomic E-state index is 12.6. The minimum Gasteiger partial charge on any atom is -0.480 e. The third kappa shape index (κ3) is 4.46. The Labute approximate surface area is 144 Å². The Morgan fingerprint density at radius 2 is 1.96 bits per heavy atom. The van der Waals surface area contributed by atoms with Gasteiger partial charge in [-0.25, -0.2) is 4.79 Å². The fraction of sp³-hybridized carbons (Fsp3) is 0.375. The number of carbonyl (C=O) groups is 4. The van der Waals surface area contributed by atoms with Gasteiger partial charge in [-0.05, 0) is 18.1 Å². The SMILES string of the molecule is CC(C)[C@H](NC(=O)N1CC(=O)Nc2ccccc21)C(=O)NCC(=O)O.